The Labute approximate surface area is 128 Å². The topological polar surface area (TPSA) is 76.8 Å². The maximum absolute atomic E-state index is 11.4. The summed E-state index contributed by atoms with van der Waals surface area (Å²) < 4.78 is 10.6. The molecular formula is C14H17N3O3S. The summed E-state index contributed by atoms with van der Waals surface area (Å²) in [7, 11) is 0. The molecule has 21 heavy (non-hydrogen) atoms. The van der Waals surface area contributed by atoms with Crippen LogP contribution >= 0.6 is 12.2 Å². The fraction of sp³-hybridized carbons (Fsp3) is 0.429. The molecule has 1 atom stereocenters. The third kappa shape index (κ3) is 2.87. The van der Waals surface area contributed by atoms with Gasteiger partial charge >= 0.3 is 0 Å². The van der Waals surface area contributed by atoms with Crippen LogP contribution in [0.25, 0.3) is 0 Å². The first-order valence-corrected chi connectivity index (χ1v) is 7.28. The number of likely N-dealkylation sites (tertiary alicyclic amines) is 1. The number of nitrogens with one attached hydrogen (secondary N) is 1. The third-order valence-corrected chi connectivity index (χ3v) is 4.10. The minimum absolute atomic E-state index is 0.263. The molecule has 7 heteroatoms. The number of hydrogen-bond donors (Lipinski definition) is 2. The van der Waals surface area contributed by atoms with Crippen molar-refractivity contribution in [3.63, 3.8) is 0 Å². The molecule has 2 aliphatic rings. The van der Waals surface area contributed by atoms with Crippen molar-refractivity contribution in [2.75, 3.05) is 13.3 Å². The molecule has 1 fully saturated rings. The number of amides is 1. The molecule has 1 amide bonds. The minimum Gasteiger partial charge on any atom is -0.454 e. The maximum atomic E-state index is 11.4. The van der Waals surface area contributed by atoms with E-state index in [2.05, 4.69) is 5.32 Å². The lowest BCUT2D eigenvalue weighted by molar-refractivity contribution is -0.121. The van der Waals surface area contributed by atoms with E-state index in [0.29, 0.717) is 11.7 Å². The van der Waals surface area contributed by atoms with Gasteiger partial charge in [-0.2, -0.15) is 0 Å². The van der Waals surface area contributed by atoms with Gasteiger partial charge in [0.2, 0.25) is 12.7 Å². The van der Waals surface area contributed by atoms with E-state index < -0.39 is 0 Å². The first-order chi connectivity index (χ1) is 10.1. The molecule has 2 heterocycles. The number of rotatable bonds is 3. The Kier molecular flexibility index (Phi) is 3.83. The summed E-state index contributed by atoms with van der Waals surface area (Å²) in [6.45, 7) is 1.59. The Hall–Kier alpha value is -2.02. The Morgan fingerprint density at radius 3 is 3.05 bits per heavy atom. The second-order valence-electron chi connectivity index (χ2n) is 5.10. The standard InChI is InChI=1S/C14H17N3O3S/c15-13(18)10-2-1-5-17(10)14(21)16-7-9-3-4-11-12(6-9)20-8-19-11/h3-4,6,10H,1-2,5,7-8H2,(H2,15,18)(H,16,21)/t10-/m0/s1. The van der Waals surface area contributed by atoms with E-state index in [0.717, 1.165) is 36.4 Å². The Morgan fingerprint density at radius 2 is 2.24 bits per heavy atom. The predicted molar refractivity (Wildman–Crippen MR) is 80.9 cm³/mol. The van der Waals surface area contributed by atoms with Crippen LogP contribution in [0.5, 0.6) is 11.5 Å². The zero-order valence-corrected chi connectivity index (χ0v) is 12.3. The molecule has 3 rings (SSSR count). The molecule has 0 aliphatic carbocycles. The summed E-state index contributed by atoms with van der Waals surface area (Å²) in [6.07, 6.45) is 1.70. The number of thiocarbonyl (C=S) groups is 1. The lowest BCUT2D eigenvalue weighted by atomic mass is 10.2. The summed E-state index contributed by atoms with van der Waals surface area (Å²) in [6, 6.07) is 5.47. The summed E-state index contributed by atoms with van der Waals surface area (Å²) >= 11 is 5.36. The lowest BCUT2D eigenvalue weighted by Crippen LogP contribution is -2.47. The maximum Gasteiger partial charge on any atom is 0.240 e. The molecule has 1 aromatic rings. The van der Waals surface area contributed by atoms with Crippen molar-refractivity contribution in [3.05, 3.63) is 23.8 Å². The second kappa shape index (κ2) is 5.77. The van der Waals surface area contributed by atoms with Gasteiger partial charge in [-0.1, -0.05) is 6.07 Å². The number of nitrogens with two attached hydrogens (primary N) is 1. The Bertz CT molecular complexity index is 579. The normalized spacial score (nSPS) is 19.6. The highest BCUT2D eigenvalue weighted by atomic mass is 32.1. The molecule has 1 saturated heterocycles. The van der Waals surface area contributed by atoms with Gasteiger partial charge in [-0.25, -0.2) is 0 Å². The molecule has 0 bridgehead atoms. The summed E-state index contributed by atoms with van der Waals surface area (Å²) in [5.41, 5.74) is 6.43. The molecule has 0 radical (unpaired) electrons. The van der Waals surface area contributed by atoms with Crippen LogP contribution in [0.3, 0.4) is 0 Å². The average Bonchev–Trinajstić information content (AvgIpc) is 3.12. The van der Waals surface area contributed by atoms with Gasteiger partial charge in [-0.15, -0.1) is 0 Å². The molecule has 0 unspecified atom stereocenters. The molecule has 2 aliphatic heterocycles. The van der Waals surface area contributed by atoms with E-state index in [9.17, 15) is 4.79 Å². The molecule has 112 valence electrons. The van der Waals surface area contributed by atoms with E-state index in [4.69, 9.17) is 27.4 Å². The Balaban J connectivity index is 1.60. The van der Waals surface area contributed by atoms with E-state index in [-0.39, 0.29) is 18.7 Å². The zero-order valence-electron chi connectivity index (χ0n) is 11.5. The van der Waals surface area contributed by atoms with Gasteiger partial charge in [-0.3, -0.25) is 4.79 Å². The van der Waals surface area contributed by atoms with Crippen molar-refractivity contribution >= 4 is 23.2 Å². The molecule has 0 spiro atoms. The van der Waals surface area contributed by atoms with Crippen molar-refractivity contribution in [1.82, 2.24) is 10.2 Å². The van der Waals surface area contributed by atoms with Gasteiger partial charge in [0.05, 0.1) is 0 Å². The average molecular weight is 307 g/mol. The number of carbonyl (C=O) groups is 1. The van der Waals surface area contributed by atoms with Crippen molar-refractivity contribution in [1.29, 1.82) is 0 Å². The monoisotopic (exact) mass is 307 g/mol. The minimum atomic E-state index is -0.320. The quantitative estimate of drug-likeness (QED) is 0.802. The van der Waals surface area contributed by atoms with Crippen LogP contribution in [-0.4, -0.2) is 35.3 Å². The summed E-state index contributed by atoms with van der Waals surface area (Å²) in [4.78, 5) is 13.2. The van der Waals surface area contributed by atoms with E-state index in [1.807, 2.05) is 23.1 Å². The second-order valence-corrected chi connectivity index (χ2v) is 5.49. The fourth-order valence-corrected chi connectivity index (χ4v) is 2.93. The van der Waals surface area contributed by atoms with Crippen LogP contribution < -0.4 is 20.5 Å². The smallest absolute Gasteiger partial charge is 0.240 e. The molecule has 0 aromatic heterocycles. The van der Waals surface area contributed by atoms with Crippen molar-refractivity contribution in [2.24, 2.45) is 5.73 Å². The van der Waals surface area contributed by atoms with Crippen LogP contribution in [0.4, 0.5) is 0 Å². The van der Waals surface area contributed by atoms with Crippen molar-refractivity contribution < 1.29 is 14.3 Å². The highest BCUT2D eigenvalue weighted by Crippen LogP contribution is 2.32. The summed E-state index contributed by atoms with van der Waals surface area (Å²) in [5, 5.41) is 3.73. The van der Waals surface area contributed by atoms with Crippen LogP contribution in [0.15, 0.2) is 18.2 Å². The van der Waals surface area contributed by atoms with Crippen LogP contribution in [0, 0.1) is 0 Å². The van der Waals surface area contributed by atoms with Crippen LogP contribution in [0.1, 0.15) is 18.4 Å². The Morgan fingerprint density at radius 1 is 1.43 bits per heavy atom. The van der Waals surface area contributed by atoms with Crippen LogP contribution in [0.2, 0.25) is 0 Å². The number of carbonyl (C=O) groups excluding carboxylic acids is 1. The summed E-state index contributed by atoms with van der Waals surface area (Å²) in [5.74, 6) is 1.19. The fourth-order valence-electron chi connectivity index (χ4n) is 2.64. The molecular weight excluding hydrogens is 290 g/mol. The lowest BCUT2D eigenvalue weighted by Gasteiger charge is -2.25. The van der Waals surface area contributed by atoms with E-state index in [1.54, 1.807) is 0 Å². The van der Waals surface area contributed by atoms with E-state index >= 15 is 0 Å². The zero-order chi connectivity index (χ0) is 14.8. The van der Waals surface area contributed by atoms with Gasteiger partial charge in [0.15, 0.2) is 16.6 Å². The first kappa shape index (κ1) is 13.9. The molecule has 3 N–H and O–H groups in total. The molecule has 6 nitrogen and oxygen atoms in total. The number of benzene rings is 1. The molecule has 1 aromatic carbocycles. The number of ether oxygens (including phenoxy) is 2. The predicted octanol–water partition coefficient (Wildman–Crippen LogP) is 0.739. The van der Waals surface area contributed by atoms with Gasteiger partial charge < -0.3 is 25.4 Å². The van der Waals surface area contributed by atoms with Gasteiger partial charge in [0, 0.05) is 13.1 Å². The number of primary amides is 1. The largest absolute Gasteiger partial charge is 0.454 e. The van der Waals surface area contributed by atoms with Gasteiger partial charge in [0.1, 0.15) is 6.04 Å². The van der Waals surface area contributed by atoms with E-state index in [1.165, 1.54) is 0 Å². The highest BCUT2D eigenvalue weighted by Gasteiger charge is 2.30. The number of nitrogens with zero attached hydrogens (tertiary/aromatic N) is 1. The van der Waals surface area contributed by atoms with Crippen molar-refractivity contribution in [2.45, 2.75) is 25.4 Å². The SMILES string of the molecule is NC(=O)[C@@H]1CCCN1C(=S)NCc1ccc2c(c1)OCO2. The molecule has 0 saturated carbocycles. The number of fused-ring (bicyclic) bond motifs is 1. The number of hydrogen-bond acceptors (Lipinski definition) is 4. The van der Waals surface area contributed by atoms with Gasteiger partial charge in [0.25, 0.3) is 0 Å². The third-order valence-electron chi connectivity index (χ3n) is 3.72. The van der Waals surface area contributed by atoms with Crippen molar-refractivity contribution in [3.8, 4) is 11.5 Å². The first-order valence-electron chi connectivity index (χ1n) is 6.87. The van der Waals surface area contributed by atoms with Gasteiger partial charge in [-0.05, 0) is 42.8 Å². The highest BCUT2D eigenvalue weighted by molar-refractivity contribution is 7.80. The van der Waals surface area contributed by atoms with Crippen LogP contribution in [-0.2, 0) is 11.3 Å².